The smallest absolute Gasteiger partial charge is 0.161 e. The molecule has 2 rings (SSSR count). The van der Waals surface area contributed by atoms with E-state index in [0.717, 1.165) is 14.9 Å². The largest absolute Gasteiger partial charge is 0.398 e. The Balaban J connectivity index is 2.06. The van der Waals surface area contributed by atoms with Crippen LogP contribution < -0.4 is 11.1 Å². The van der Waals surface area contributed by atoms with Gasteiger partial charge >= 0.3 is 0 Å². The van der Waals surface area contributed by atoms with E-state index in [1.165, 1.54) is 18.3 Å². The first kappa shape index (κ1) is 12.9. The minimum atomic E-state index is -0.0240. The molecule has 0 aliphatic rings. The van der Waals surface area contributed by atoms with E-state index in [9.17, 15) is 4.79 Å². The monoisotopic (exact) mass is 280 g/mol. The molecule has 0 unspecified atom stereocenters. The van der Waals surface area contributed by atoms with Gasteiger partial charge in [-0.3, -0.25) is 4.79 Å². The summed E-state index contributed by atoms with van der Waals surface area (Å²) in [4.78, 5) is 12.4. The van der Waals surface area contributed by atoms with E-state index in [0.29, 0.717) is 17.8 Å². The summed E-state index contributed by atoms with van der Waals surface area (Å²) in [7, 11) is 0. The zero-order chi connectivity index (χ0) is 13.1. The summed E-state index contributed by atoms with van der Waals surface area (Å²) in [6.07, 6.45) is 0. The van der Waals surface area contributed by atoms with Crippen LogP contribution in [0.5, 0.6) is 0 Å². The van der Waals surface area contributed by atoms with Crippen LogP contribution in [0.1, 0.15) is 22.2 Å². The molecule has 1 aromatic heterocycles. The van der Waals surface area contributed by atoms with Gasteiger partial charge in [0.25, 0.3) is 0 Å². The first-order chi connectivity index (χ1) is 8.56. The molecule has 2 aromatic rings. The van der Waals surface area contributed by atoms with Crippen LogP contribution in [0.4, 0.5) is 11.4 Å². The summed E-state index contributed by atoms with van der Waals surface area (Å²) in [5, 5.41) is 3.24. The number of halogens is 1. The number of hydrogen-bond acceptors (Lipinski definition) is 4. The predicted octanol–water partition coefficient (Wildman–Crippen LogP) is 3.80. The Morgan fingerprint density at radius 2 is 2.17 bits per heavy atom. The van der Waals surface area contributed by atoms with Crippen LogP contribution in [0.2, 0.25) is 4.34 Å². The Labute approximate surface area is 115 Å². The van der Waals surface area contributed by atoms with E-state index in [1.807, 2.05) is 18.2 Å². The molecular weight excluding hydrogens is 268 g/mol. The maximum absolute atomic E-state index is 11.2. The second-order valence-corrected chi connectivity index (χ2v) is 5.72. The standard InChI is InChI=1S/C13H13ClN2OS/c1-8(17)11-4-2-9(6-12(11)15)16-7-10-3-5-13(14)18-10/h2-6,16H,7,15H2,1H3. The van der Waals surface area contributed by atoms with Gasteiger partial charge in [0, 0.05) is 28.4 Å². The van der Waals surface area contributed by atoms with Crippen LogP contribution >= 0.6 is 22.9 Å². The van der Waals surface area contributed by atoms with Crippen molar-refractivity contribution < 1.29 is 4.79 Å². The maximum Gasteiger partial charge on any atom is 0.161 e. The number of carbonyl (C=O) groups excluding carboxylic acids is 1. The fraction of sp³-hybridized carbons (Fsp3) is 0.154. The second kappa shape index (κ2) is 5.42. The number of hydrogen-bond donors (Lipinski definition) is 2. The summed E-state index contributed by atoms with van der Waals surface area (Å²) in [5.41, 5.74) is 7.76. The van der Waals surface area contributed by atoms with Gasteiger partial charge in [-0.15, -0.1) is 11.3 Å². The Hall–Kier alpha value is -1.52. The van der Waals surface area contributed by atoms with Crippen molar-refractivity contribution in [2.45, 2.75) is 13.5 Å². The van der Waals surface area contributed by atoms with Crippen molar-refractivity contribution in [3.05, 3.63) is 45.1 Å². The SMILES string of the molecule is CC(=O)c1ccc(NCc2ccc(Cl)s2)cc1N. The van der Waals surface area contributed by atoms with Gasteiger partial charge in [-0.25, -0.2) is 0 Å². The van der Waals surface area contributed by atoms with Crippen LogP contribution in [0, 0.1) is 0 Å². The first-order valence-corrected chi connectivity index (χ1v) is 6.64. The quantitative estimate of drug-likeness (QED) is 0.662. The Morgan fingerprint density at radius 3 is 2.72 bits per heavy atom. The van der Waals surface area contributed by atoms with Crippen LogP contribution in [0.3, 0.4) is 0 Å². The van der Waals surface area contributed by atoms with Crippen molar-refractivity contribution in [2.24, 2.45) is 0 Å². The van der Waals surface area contributed by atoms with Crippen molar-refractivity contribution in [1.29, 1.82) is 0 Å². The zero-order valence-corrected chi connectivity index (χ0v) is 11.4. The third-order valence-corrected chi connectivity index (χ3v) is 3.76. The number of nitrogens with two attached hydrogens (primary N) is 1. The summed E-state index contributed by atoms with van der Waals surface area (Å²) in [5.74, 6) is -0.0240. The van der Waals surface area contributed by atoms with Crippen LogP contribution in [0.25, 0.3) is 0 Å². The molecule has 0 fully saturated rings. The molecule has 0 bridgehead atoms. The third-order valence-electron chi connectivity index (χ3n) is 2.53. The average molecular weight is 281 g/mol. The molecule has 0 aliphatic heterocycles. The van der Waals surface area contributed by atoms with Crippen LogP contribution in [-0.4, -0.2) is 5.78 Å². The molecule has 0 spiro atoms. The molecule has 0 amide bonds. The van der Waals surface area contributed by atoms with Gasteiger partial charge in [-0.05, 0) is 37.3 Å². The second-order valence-electron chi connectivity index (χ2n) is 3.92. The highest BCUT2D eigenvalue weighted by atomic mass is 35.5. The molecule has 0 aliphatic carbocycles. The number of Topliss-reactive ketones (excluding diaryl/α,β-unsaturated/α-hetero) is 1. The molecule has 0 saturated heterocycles. The molecule has 3 N–H and O–H groups in total. The predicted molar refractivity (Wildman–Crippen MR) is 77.5 cm³/mol. The lowest BCUT2D eigenvalue weighted by Gasteiger charge is -2.08. The number of nitrogen functional groups attached to an aromatic ring is 1. The highest BCUT2D eigenvalue weighted by Gasteiger charge is 2.05. The molecule has 3 nitrogen and oxygen atoms in total. The number of rotatable bonds is 4. The van der Waals surface area contributed by atoms with Crippen LogP contribution in [-0.2, 0) is 6.54 Å². The van der Waals surface area contributed by atoms with E-state index >= 15 is 0 Å². The van der Waals surface area contributed by atoms with E-state index in [4.69, 9.17) is 17.3 Å². The molecule has 5 heteroatoms. The van der Waals surface area contributed by atoms with Crippen molar-refractivity contribution >= 4 is 40.1 Å². The first-order valence-electron chi connectivity index (χ1n) is 5.45. The highest BCUT2D eigenvalue weighted by molar-refractivity contribution is 7.16. The van der Waals surface area contributed by atoms with Gasteiger partial charge in [-0.2, -0.15) is 0 Å². The molecule has 1 aromatic carbocycles. The molecule has 1 heterocycles. The number of carbonyl (C=O) groups is 1. The molecule has 0 radical (unpaired) electrons. The normalized spacial score (nSPS) is 10.3. The van der Waals surface area contributed by atoms with Crippen molar-refractivity contribution in [2.75, 3.05) is 11.1 Å². The summed E-state index contributed by atoms with van der Waals surface area (Å²) >= 11 is 7.39. The van der Waals surface area contributed by atoms with Gasteiger partial charge in [-0.1, -0.05) is 11.6 Å². The van der Waals surface area contributed by atoms with Gasteiger partial charge in [0.05, 0.1) is 4.34 Å². The number of thiophene rings is 1. The van der Waals surface area contributed by atoms with Gasteiger partial charge in [0.2, 0.25) is 0 Å². The van der Waals surface area contributed by atoms with Gasteiger partial charge in [0.15, 0.2) is 5.78 Å². The van der Waals surface area contributed by atoms with Gasteiger partial charge < -0.3 is 11.1 Å². The Morgan fingerprint density at radius 1 is 1.39 bits per heavy atom. The Bertz CT molecular complexity index is 580. The van der Waals surface area contributed by atoms with Crippen molar-refractivity contribution in [3.8, 4) is 0 Å². The number of benzene rings is 1. The molecule has 18 heavy (non-hydrogen) atoms. The maximum atomic E-state index is 11.2. The molecule has 94 valence electrons. The fourth-order valence-electron chi connectivity index (χ4n) is 1.63. The Kier molecular flexibility index (Phi) is 3.89. The number of anilines is 2. The summed E-state index contributed by atoms with van der Waals surface area (Å²) in [6, 6.07) is 9.21. The third kappa shape index (κ3) is 3.03. The number of ketones is 1. The zero-order valence-electron chi connectivity index (χ0n) is 9.87. The lowest BCUT2D eigenvalue weighted by molar-refractivity contribution is 0.101. The van der Waals surface area contributed by atoms with E-state index in [2.05, 4.69) is 5.32 Å². The highest BCUT2D eigenvalue weighted by Crippen LogP contribution is 2.23. The van der Waals surface area contributed by atoms with Gasteiger partial charge in [0.1, 0.15) is 0 Å². The molecule has 0 atom stereocenters. The van der Waals surface area contributed by atoms with E-state index in [1.54, 1.807) is 12.1 Å². The number of nitrogens with one attached hydrogen (secondary N) is 1. The van der Waals surface area contributed by atoms with Crippen molar-refractivity contribution in [1.82, 2.24) is 0 Å². The van der Waals surface area contributed by atoms with E-state index < -0.39 is 0 Å². The lowest BCUT2D eigenvalue weighted by atomic mass is 10.1. The molecule has 0 saturated carbocycles. The topological polar surface area (TPSA) is 55.1 Å². The fourth-order valence-corrected chi connectivity index (χ4v) is 2.66. The van der Waals surface area contributed by atoms with E-state index in [-0.39, 0.29) is 5.78 Å². The summed E-state index contributed by atoms with van der Waals surface area (Å²) in [6.45, 7) is 2.20. The minimum Gasteiger partial charge on any atom is -0.398 e. The van der Waals surface area contributed by atoms with Crippen molar-refractivity contribution in [3.63, 3.8) is 0 Å². The summed E-state index contributed by atoms with van der Waals surface area (Å²) < 4.78 is 0.776. The average Bonchev–Trinajstić information content (AvgIpc) is 2.72. The molecular formula is C13H13ClN2OS. The minimum absolute atomic E-state index is 0.0240. The lowest BCUT2D eigenvalue weighted by Crippen LogP contribution is -2.02. The van der Waals surface area contributed by atoms with Crippen LogP contribution in [0.15, 0.2) is 30.3 Å².